The van der Waals surface area contributed by atoms with Crippen molar-refractivity contribution in [1.82, 2.24) is 4.90 Å². The molecule has 2 saturated heterocycles. The van der Waals surface area contributed by atoms with E-state index in [1.807, 2.05) is 0 Å². The summed E-state index contributed by atoms with van der Waals surface area (Å²) in [6.07, 6.45) is 5.56. The number of methoxy groups -OCH3 is 1. The first-order valence-electron chi connectivity index (χ1n) is 6.71. The Morgan fingerprint density at radius 2 is 2.06 bits per heavy atom. The third-order valence-corrected chi connectivity index (χ3v) is 3.92. The molecule has 0 spiro atoms. The molecule has 4 nitrogen and oxygen atoms in total. The Bertz CT molecular complexity index is 251. The smallest absolute Gasteiger partial charge is 0.323 e. The molecule has 98 valence electrons. The number of carbonyl (C=O) groups excluding carboxylic acids is 1. The molecular weight excluding hydrogens is 218 g/mol. The minimum absolute atomic E-state index is 0.00315. The molecule has 2 aliphatic rings. The minimum Gasteiger partial charge on any atom is -0.468 e. The van der Waals surface area contributed by atoms with E-state index in [-0.39, 0.29) is 12.0 Å². The van der Waals surface area contributed by atoms with E-state index >= 15 is 0 Å². The lowest BCUT2D eigenvalue weighted by Gasteiger charge is -2.37. The first-order chi connectivity index (χ1) is 8.31. The maximum absolute atomic E-state index is 11.7. The highest BCUT2D eigenvalue weighted by Crippen LogP contribution is 2.23. The molecule has 0 radical (unpaired) electrons. The predicted molar refractivity (Wildman–Crippen MR) is 64.8 cm³/mol. The van der Waals surface area contributed by atoms with Gasteiger partial charge in [-0.15, -0.1) is 0 Å². The van der Waals surface area contributed by atoms with E-state index in [2.05, 4.69) is 4.90 Å². The quantitative estimate of drug-likeness (QED) is 0.701. The average Bonchev–Trinajstić information content (AvgIpc) is 2.40. The number of hydrogen-bond acceptors (Lipinski definition) is 4. The van der Waals surface area contributed by atoms with Crippen LogP contribution < -0.4 is 0 Å². The number of carbonyl (C=O) groups is 1. The number of hydrogen-bond donors (Lipinski definition) is 0. The van der Waals surface area contributed by atoms with Crippen LogP contribution in [0.25, 0.3) is 0 Å². The van der Waals surface area contributed by atoms with Gasteiger partial charge in [0.15, 0.2) is 0 Å². The molecule has 17 heavy (non-hydrogen) atoms. The summed E-state index contributed by atoms with van der Waals surface area (Å²) < 4.78 is 10.3. The second-order valence-corrected chi connectivity index (χ2v) is 5.09. The summed E-state index contributed by atoms with van der Waals surface area (Å²) in [5.41, 5.74) is 0. The number of rotatable bonds is 3. The Hall–Kier alpha value is -0.610. The van der Waals surface area contributed by atoms with Crippen LogP contribution in [0, 0.1) is 5.92 Å². The summed E-state index contributed by atoms with van der Waals surface area (Å²) in [4.78, 5) is 14.1. The van der Waals surface area contributed by atoms with Gasteiger partial charge in [-0.1, -0.05) is 6.42 Å². The van der Waals surface area contributed by atoms with Crippen LogP contribution in [0.5, 0.6) is 0 Å². The first-order valence-corrected chi connectivity index (χ1v) is 6.71. The zero-order valence-corrected chi connectivity index (χ0v) is 10.7. The number of nitrogens with zero attached hydrogens (tertiary/aromatic N) is 1. The molecule has 0 N–H and O–H groups in total. The van der Waals surface area contributed by atoms with Gasteiger partial charge in [-0.3, -0.25) is 9.69 Å². The van der Waals surface area contributed by atoms with Crippen LogP contribution in [-0.4, -0.2) is 50.3 Å². The van der Waals surface area contributed by atoms with Crippen molar-refractivity contribution in [2.75, 3.05) is 33.4 Å². The summed E-state index contributed by atoms with van der Waals surface area (Å²) in [5.74, 6) is 0.630. The third-order valence-electron chi connectivity index (χ3n) is 3.92. The maximum Gasteiger partial charge on any atom is 0.323 e. The molecular formula is C13H23NO3. The van der Waals surface area contributed by atoms with Gasteiger partial charge in [0.1, 0.15) is 6.04 Å². The average molecular weight is 241 g/mol. The Kier molecular flexibility index (Phi) is 4.80. The van der Waals surface area contributed by atoms with Gasteiger partial charge in [0.2, 0.25) is 0 Å². The van der Waals surface area contributed by atoms with Crippen molar-refractivity contribution in [2.24, 2.45) is 5.92 Å². The van der Waals surface area contributed by atoms with E-state index in [1.165, 1.54) is 13.5 Å². The van der Waals surface area contributed by atoms with Gasteiger partial charge >= 0.3 is 5.97 Å². The molecule has 0 aromatic rings. The van der Waals surface area contributed by atoms with Gasteiger partial charge in [0.05, 0.1) is 7.11 Å². The topological polar surface area (TPSA) is 38.8 Å². The van der Waals surface area contributed by atoms with Crippen molar-refractivity contribution in [3.05, 3.63) is 0 Å². The van der Waals surface area contributed by atoms with Crippen molar-refractivity contribution in [3.8, 4) is 0 Å². The molecule has 0 amide bonds. The van der Waals surface area contributed by atoms with Crippen LogP contribution in [0.15, 0.2) is 0 Å². The highest BCUT2D eigenvalue weighted by molar-refractivity contribution is 5.75. The largest absolute Gasteiger partial charge is 0.468 e. The molecule has 0 saturated carbocycles. The van der Waals surface area contributed by atoms with Crippen molar-refractivity contribution >= 4 is 5.97 Å². The molecule has 2 aliphatic heterocycles. The second-order valence-electron chi connectivity index (χ2n) is 5.09. The van der Waals surface area contributed by atoms with Crippen molar-refractivity contribution < 1.29 is 14.3 Å². The van der Waals surface area contributed by atoms with Gasteiger partial charge in [-0.2, -0.15) is 0 Å². The number of ether oxygens (including phenoxy) is 2. The number of esters is 1. The summed E-state index contributed by atoms with van der Waals surface area (Å²) in [5, 5.41) is 0. The van der Waals surface area contributed by atoms with Crippen LogP contribution in [0.4, 0.5) is 0 Å². The molecule has 1 atom stereocenters. The van der Waals surface area contributed by atoms with Crippen LogP contribution in [0.1, 0.15) is 32.1 Å². The SMILES string of the molecule is COC(=O)C1CCCCN1CC1CCOCC1. The summed E-state index contributed by atoms with van der Waals surface area (Å²) in [7, 11) is 1.49. The van der Waals surface area contributed by atoms with Gasteiger partial charge < -0.3 is 9.47 Å². The van der Waals surface area contributed by atoms with Crippen LogP contribution >= 0.6 is 0 Å². The normalized spacial score (nSPS) is 27.9. The lowest BCUT2D eigenvalue weighted by molar-refractivity contribution is -0.148. The predicted octanol–water partition coefficient (Wildman–Crippen LogP) is 1.44. The van der Waals surface area contributed by atoms with Crippen LogP contribution in [0.3, 0.4) is 0 Å². The van der Waals surface area contributed by atoms with Gasteiger partial charge in [0, 0.05) is 19.8 Å². The fraction of sp³-hybridized carbons (Fsp3) is 0.923. The lowest BCUT2D eigenvalue weighted by Crippen LogP contribution is -2.47. The van der Waals surface area contributed by atoms with E-state index in [0.29, 0.717) is 5.92 Å². The summed E-state index contributed by atoms with van der Waals surface area (Å²) in [6.45, 7) is 3.82. The monoisotopic (exact) mass is 241 g/mol. The molecule has 2 heterocycles. The van der Waals surface area contributed by atoms with E-state index in [0.717, 1.165) is 52.0 Å². The zero-order chi connectivity index (χ0) is 12.1. The second kappa shape index (κ2) is 6.36. The van der Waals surface area contributed by atoms with Gasteiger partial charge in [0.25, 0.3) is 0 Å². The van der Waals surface area contributed by atoms with E-state index in [9.17, 15) is 4.79 Å². The molecule has 0 aromatic carbocycles. The molecule has 0 aliphatic carbocycles. The number of piperidine rings is 1. The Balaban J connectivity index is 1.88. The molecule has 1 unspecified atom stereocenters. The van der Waals surface area contributed by atoms with Crippen molar-refractivity contribution in [3.63, 3.8) is 0 Å². The molecule has 2 fully saturated rings. The number of likely N-dealkylation sites (tertiary alicyclic amines) is 1. The molecule has 0 aromatic heterocycles. The van der Waals surface area contributed by atoms with E-state index in [1.54, 1.807) is 0 Å². The van der Waals surface area contributed by atoms with Crippen LogP contribution in [0.2, 0.25) is 0 Å². The Morgan fingerprint density at radius 1 is 1.29 bits per heavy atom. The van der Waals surface area contributed by atoms with Gasteiger partial charge in [-0.05, 0) is 38.1 Å². The van der Waals surface area contributed by atoms with Crippen LogP contribution in [-0.2, 0) is 14.3 Å². The fourth-order valence-corrected chi connectivity index (χ4v) is 2.87. The zero-order valence-electron chi connectivity index (χ0n) is 10.7. The van der Waals surface area contributed by atoms with Gasteiger partial charge in [-0.25, -0.2) is 0 Å². The summed E-state index contributed by atoms with van der Waals surface area (Å²) in [6, 6.07) is -0.00315. The maximum atomic E-state index is 11.7. The van der Waals surface area contributed by atoms with Crippen molar-refractivity contribution in [1.29, 1.82) is 0 Å². The summed E-state index contributed by atoms with van der Waals surface area (Å²) >= 11 is 0. The first kappa shape index (κ1) is 12.8. The highest BCUT2D eigenvalue weighted by Gasteiger charge is 2.31. The minimum atomic E-state index is -0.0586. The molecule has 2 rings (SSSR count). The molecule has 0 bridgehead atoms. The van der Waals surface area contributed by atoms with E-state index < -0.39 is 0 Å². The third kappa shape index (κ3) is 3.42. The standard InChI is InChI=1S/C13H23NO3/c1-16-13(15)12-4-2-3-7-14(12)10-11-5-8-17-9-6-11/h11-12H,2-10H2,1H3. The lowest BCUT2D eigenvalue weighted by atomic mass is 9.95. The highest BCUT2D eigenvalue weighted by atomic mass is 16.5. The van der Waals surface area contributed by atoms with E-state index in [4.69, 9.17) is 9.47 Å². The fourth-order valence-electron chi connectivity index (χ4n) is 2.87. The Labute approximate surface area is 103 Å². The Morgan fingerprint density at radius 3 is 2.76 bits per heavy atom. The van der Waals surface area contributed by atoms with Crippen molar-refractivity contribution in [2.45, 2.75) is 38.1 Å². The molecule has 4 heteroatoms.